The fourth-order valence-corrected chi connectivity index (χ4v) is 0.639. The van der Waals surface area contributed by atoms with Crippen molar-refractivity contribution >= 4 is 11.6 Å². The molecular formula is C8H13ClN2. The predicted octanol–water partition coefficient (Wildman–Crippen LogP) is 2.22. The highest BCUT2D eigenvalue weighted by Crippen LogP contribution is 2.03. The first-order valence-corrected chi connectivity index (χ1v) is 4.01. The van der Waals surface area contributed by atoms with Gasteiger partial charge in [-0.05, 0) is 11.6 Å². The Morgan fingerprint density at radius 1 is 1.45 bits per heavy atom. The third-order valence-electron chi connectivity index (χ3n) is 1.02. The van der Waals surface area contributed by atoms with Crippen LogP contribution >= 0.6 is 11.6 Å². The summed E-state index contributed by atoms with van der Waals surface area (Å²) in [5.74, 6) is 0. The van der Waals surface area contributed by atoms with Gasteiger partial charge in [-0.1, -0.05) is 31.5 Å². The molecule has 0 aliphatic heterocycles. The maximum absolute atomic E-state index is 5.52. The molecule has 0 aliphatic carbocycles. The van der Waals surface area contributed by atoms with Crippen molar-refractivity contribution in [3.05, 3.63) is 29.0 Å². The van der Waals surface area contributed by atoms with Crippen molar-refractivity contribution in [1.29, 1.82) is 0 Å². The molecule has 1 rings (SSSR count). The van der Waals surface area contributed by atoms with Gasteiger partial charge in [-0.2, -0.15) is 0 Å². The number of rotatable bonds is 1. The maximum Gasteiger partial charge on any atom is 0.129 e. The van der Waals surface area contributed by atoms with Crippen LogP contribution in [-0.2, 0) is 6.54 Å². The lowest BCUT2D eigenvalue weighted by molar-refractivity contribution is 1.05. The Kier molecular flexibility index (Phi) is 5.80. The Bertz CT molecular complexity index is 184. The first-order chi connectivity index (χ1) is 5.33. The van der Waals surface area contributed by atoms with Gasteiger partial charge in [0.1, 0.15) is 5.15 Å². The zero-order valence-electron chi connectivity index (χ0n) is 6.84. The van der Waals surface area contributed by atoms with Crippen molar-refractivity contribution in [3.8, 4) is 0 Å². The molecule has 0 aliphatic rings. The largest absolute Gasteiger partial charge is 0.326 e. The second kappa shape index (κ2) is 6.13. The van der Waals surface area contributed by atoms with E-state index in [2.05, 4.69) is 4.98 Å². The molecule has 62 valence electrons. The van der Waals surface area contributed by atoms with Crippen LogP contribution in [0.1, 0.15) is 19.4 Å². The summed E-state index contributed by atoms with van der Waals surface area (Å²) in [6, 6.07) is 3.58. The van der Waals surface area contributed by atoms with E-state index >= 15 is 0 Å². The Morgan fingerprint density at radius 2 is 2.09 bits per heavy atom. The van der Waals surface area contributed by atoms with E-state index in [1.165, 1.54) is 0 Å². The summed E-state index contributed by atoms with van der Waals surface area (Å²) in [5, 5.41) is 0.507. The van der Waals surface area contributed by atoms with Gasteiger partial charge in [-0.15, -0.1) is 0 Å². The number of hydrogen-bond donors (Lipinski definition) is 1. The summed E-state index contributed by atoms with van der Waals surface area (Å²) >= 11 is 5.52. The summed E-state index contributed by atoms with van der Waals surface area (Å²) in [6.45, 7) is 4.52. The lowest BCUT2D eigenvalue weighted by Crippen LogP contribution is -1.95. The monoisotopic (exact) mass is 172 g/mol. The molecule has 0 aromatic carbocycles. The number of hydrogen-bond acceptors (Lipinski definition) is 2. The van der Waals surface area contributed by atoms with E-state index in [9.17, 15) is 0 Å². The van der Waals surface area contributed by atoms with Crippen LogP contribution in [0.3, 0.4) is 0 Å². The Labute approximate surface area is 72.4 Å². The first kappa shape index (κ1) is 10.4. The van der Waals surface area contributed by atoms with Crippen LogP contribution in [0.15, 0.2) is 18.3 Å². The highest BCUT2D eigenvalue weighted by atomic mass is 35.5. The normalized spacial score (nSPS) is 8.36. The third kappa shape index (κ3) is 3.96. The number of pyridine rings is 1. The van der Waals surface area contributed by atoms with Gasteiger partial charge in [0.25, 0.3) is 0 Å². The highest BCUT2D eigenvalue weighted by molar-refractivity contribution is 6.29. The van der Waals surface area contributed by atoms with E-state index in [0.29, 0.717) is 11.7 Å². The molecule has 0 saturated heterocycles. The summed E-state index contributed by atoms with van der Waals surface area (Å²) in [4.78, 5) is 3.84. The van der Waals surface area contributed by atoms with Gasteiger partial charge in [0.05, 0.1) is 0 Å². The zero-order chi connectivity index (χ0) is 8.69. The van der Waals surface area contributed by atoms with Crippen molar-refractivity contribution in [3.63, 3.8) is 0 Å². The number of nitrogens with two attached hydrogens (primary N) is 1. The molecule has 1 heterocycles. The van der Waals surface area contributed by atoms with Crippen molar-refractivity contribution in [1.82, 2.24) is 4.98 Å². The molecule has 0 amide bonds. The molecule has 0 saturated carbocycles. The van der Waals surface area contributed by atoms with Crippen LogP contribution in [0.4, 0.5) is 0 Å². The van der Waals surface area contributed by atoms with E-state index in [0.717, 1.165) is 5.56 Å². The van der Waals surface area contributed by atoms with Crippen LogP contribution in [0.2, 0.25) is 5.15 Å². The van der Waals surface area contributed by atoms with Crippen molar-refractivity contribution in [2.45, 2.75) is 20.4 Å². The van der Waals surface area contributed by atoms with Gasteiger partial charge in [-0.3, -0.25) is 0 Å². The van der Waals surface area contributed by atoms with Gasteiger partial charge in [-0.25, -0.2) is 4.98 Å². The zero-order valence-corrected chi connectivity index (χ0v) is 7.60. The van der Waals surface area contributed by atoms with Gasteiger partial charge in [0, 0.05) is 12.7 Å². The van der Waals surface area contributed by atoms with Gasteiger partial charge >= 0.3 is 0 Å². The minimum Gasteiger partial charge on any atom is -0.326 e. The molecule has 0 spiro atoms. The van der Waals surface area contributed by atoms with Gasteiger partial charge < -0.3 is 5.73 Å². The van der Waals surface area contributed by atoms with E-state index in [-0.39, 0.29) is 0 Å². The second-order valence-corrected chi connectivity index (χ2v) is 2.08. The summed E-state index contributed by atoms with van der Waals surface area (Å²) in [6.07, 6.45) is 1.67. The molecule has 0 bridgehead atoms. The molecule has 0 unspecified atom stereocenters. The predicted molar refractivity (Wildman–Crippen MR) is 48.5 cm³/mol. The Morgan fingerprint density at radius 3 is 2.45 bits per heavy atom. The van der Waals surface area contributed by atoms with Crippen molar-refractivity contribution < 1.29 is 0 Å². The average Bonchev–Trinajstić information content (AvgIpc) is 2.10. The van der Waals surface area contributed by atoms with Gasteiger partial charge in [0.2, 0.25) is 0 Å². The number of aromatic nitrogens is 1. The molecule has 11 heavy (non-hydrogen) atoms. The van der Waals surface area contributed by atoms with Crippen LogP contribution in [0.5, 0.6) is 0 Å². The standard InChI is InChI=1S/C6H7ClN2.C2H6/c7-6-2-1-5(3-8)4-9-6;1-2/h1-2,4H,3,8H2;1-2H3. The molecule has 2 nitrogen and oxygen atoms in total. The highest BCUT2D eigenvalue weighted by Gasteiger charge is 1.87. The molecule has 2 N–H and O–H groups in total. The molecule has 1 aromatic heterocycles. The molecule has 0 radical (unpaired) electrons. The number of nitrogens with zero attached hydrogens (tertiary/aromatic N) is 1. The topological polar surface area (TPSA) is 38.9 Å². The fourth-order valence-electron chi connectivity index (χ4n) is 0.527. The van der Waals surface area contributed by atoms with Gasteiger partial charge in [0.15, 0.2) is 0 Å². The maximum atomic E-state index is 5.52. The number of halogens is 1. The van der Waals surface area contributed by atoms with Crippen LogP contribution in [-0.4, -0.2) is 4.98 Å². The Balaban J connectivity index is 0.000000461. The lowest BCUT2D eigenvalue weighted by atomic mass is 10.3. The van der Waals surface area contributed by atoms with Crippen molar-refractivity contribution in [2.24, 2.45) is 5.73 Å². The minimum atomic E-state index is 0.507. The molecule has 0 fully saturated rings. The van der Waals surface area contributed by atoms with E-state index < -0.39 is 0 Å². The van der Waals surface area contributed by atoms with E-state index in [4.69, 9.17) is 17.3 Å². The molecular weight excluding hydrogens is 160 g/mol. The quantitative estimate of drug-likeness (QED) is 0.660. The molecule has 1 aromatic rings. The van der Waals surface area contributed by atoms with Crippen LogP contribution in [0, 0.1) is 0 Å². The Hall–Kier alpha value is -0.600. The van der Waals surface area contributed by atoms with E-state index in [1.54, 1.807) is 12.3 Å². The second-order valence-electron chi connectivity index (χ2n) is 1.69. The first-order valence-electron chi connectivity index (χ1n) is 3.63. The van der Waals surface area contributed by atoms with Crippen LogP contribution < -0.4 is 5.73 Å². The lowest BCUT2D eigenvalue weighted by Gasteiger charge is -1.92. The molecule has 0 atom stereocenters. The summed E-state index contributed by atoms with van der Waals surface area (Å²) < 4.78 is 0. The van der Waals surface area contributed by atoms with Crippen LogP contribution in [0.25, 0.3) is 0 Å². The third-order valence-corrected chi connectivity index (χ3v) is 1.25. The molecule has 3 heteroatoms. The summed E-state index contributed by atoms with van der Waals surface area (Å²) in [5.41, 5.74) is 6.32. The minimum absolute atomic E-state index is 0.507. The summed E-state index contributed by atoms with van der Waals surface area (Å²) in [7, 11) is 0. The smallest absolute Gasteiger partial charge is 0.129 e. The van der Waals surface area contributed by atoms with Crippen molar-refractivity contribution in [2.75, 3.05) is 0 Å². The average molecular weight is 173 g/mol. The fraction of sp³-hybridized carbons (Fsp3) is 0.375. The van der Waals surface area contributed by atoms with E-state index in [1.807, 2.05) is 19.9 Å². The SMILES string of the molecule is CC.NCc1ccc(Cl)nc1.